The molecule has 0 aliphatic carbocycles. The predicted molar refractivity (Wildman–Crippen MR) is 64.1 cm³/mol. The van der Waals surface area contributed by atoms with Crippen LogP contribution in [0.4, 0.5) is 5.82 Å². The van der Waals surface area contributed by atoms with E-state index in [0.717, 1.165) is 0 Å². The number of nitrogens with one attached hydrogen (secondary N) is 1. The molecule has 0 bridgehead atoms. The van der Waals surface area contributed by atoms with Crippen LogP contribution in [-0.2, 0) is 9.57 Å². The van der Waals surface area contributed by atoms with Crippen molar-refractivity contribution in [2.24, 2.45) is 5.90 Å². The van der Waals surface area contributed by atoms with Gasteiger partial charge in [-0.3, -0.25) is 5.41 Å². The Morgan fingerprint density at radius 3 is 2.89 bits per heavy atom. The van der Waals surface area contributed by atoms with Crippen LogP contribution < -0.4 is 10.8 Å². The maximum Gasteiger partial charge on any atom is 0.241 e. The third-order valence-electron chi connectivity index (χ3n) is 2.67. The first-order valence-electron chi connectivity index (χ1n) is 5.44. The van der Waals surface area contributed by atoms with Gasteiger partial charge in [-0.2, -0.15) is 11.2 Å². The topological polar surface area (TPSA) is 108 Å². The van der Waals surface area contributed by atoms with Gasteiger partial charge in [0.2, 0.25) is 5.90 Å². The number of pyridine rings is 1. The van der Waals surface area contributed by atoms with Gasteiger partial charge >= 0.3 is 0 Å². The van der Waals surface area contributed by atoms with Crippen molar-refractivity contribution in [2.45, 2.75) is 0 Å². The monoisotopic (exact) mass is 247 g/mol. The van der Waals surface area contributed by atoms with Gasteiger partial charge < -0.3 is 14.5 Å². The Balaban J connectivity index is 2.39. The summed E-state index contributed by atoms with van der Waals surface area (Å²) in [4.78, 5) is 10.6. The quantitative estimate of drug-likeness (QED) is 0.433. The van der Waals surface area contributed by atoms with Crippen LogP contribution in [-0.4, -0.2) is 37.2 Å². The summed E-state index contributed by atoms with van der Waals surface area (Å²) in [6, 6.07) is 3.53. The molecule has 0 atom stereocenters. The van der Waals surface area contributed by atoms with Crippen molar-refractivity contribution in [1.82, 2.24) is 4.98 Å². The maximum absolute atomic E-state index is 8.85. The SMILES string of the molecule is N#Cc1cnc(N2CCOCC2)c(C(=N)ON)c1. The molecule has 2 rings (SSSR count). The zero-order valence-electron chi connectivity index (χ0n) is 9.72. The molecule has 1 aliphatic heterocycles. The van der Waals surface area contributed by atoms with Crippen LogP contribution in [0.5, 0.6) is 0 Å². The van der Waals surface area contributed by atoms with Crippen LogP contribution in [0.2, 0.25) is 0 Å². The van der Waals surface area contributed by atoms with Crippen LogP contribution in [0, 0.1) is 16.7 Å². The van der Waals surface area contributed by atoms with Crippen molar-refractivity contribution in [3.05, 3.63) is 23.4 Å². The van der Waals surface area contributed by atoms with E-state index in [0.29, 0.717) is 43.2 Å². The molecular formula is C11H13N5O2. The summed E-state index contributed by atoms with van der Waals surface area (Å²) in [5.74, 6) is 5.40. The molecule has 94 valence electrons. The fourth-order valence-corrected chi connectivity index (χ4v) is 1.78. The Morgan fingerprint density at radius 2 is 2.28 bits per heavy atom. The summed E-state index contributed by atoms with van der Waals surface area (Å²) in [6.45, 7) is 2.59. The second kappa shape index (κ2) is 5.44. The molecule has 1 saturated heterocycles. The fourth-order valence-electron chi connectivity index (χ4n) is 1.78. The minimum absolute atomic E-state index is 0.207. The Morgan fingerprint density at radius 1 is 1.56 bits per heavy atom. The van der Waals surface area contributed by atoms with E-state index in [4.69, 9.17) is 21.3 Å². The summed E-state index contributed by atoms with van der Waals surface area (Å²) in [5.41, 5.74) is 0.780. The number of ether oxygens (including phenoxy) is 1. The van der Waals surface area contributed by atoms with E-state index < -0.39 is 0 Å². The molecule has 0 aromatic carbocycles. The van der Waals surface area contributed by atoms with Crippen molar-refractivity contribution in [1.29, 1.82) is 10.7 Å². The first-order chi connectivity index (χ1) is 8.76. The van der Waals surface area contributed by atoms with Crippen molar-refractivity contribution in [3.63, 3.8) is 0 Å². The first kappa shape index (κ1) is 12.3. The highest BCUT2D eigenvalue weighted by Gasteiger charge is 2.19. The molecule has 0 saturated carbocycles. The molecule has 18 heavy (non-hydrogen) atoms. The molecule has 7 nitrogen and oxygen atoms in total. The molecule has 0 amide bonds. The number of rotatable bonds is 2. The van der Waals surface area contributed by atoms with Crippen molar-refractivity contribution in [3.8, 4) is 6.07 Å². The molecule has 2 heterocycles. The number of anilines is 1. The number of nitrogens with zero attached hydrogens (tertiary/aromatic N) is 3. The van der Waals surface area contributed by atoms with Gasteiger partial charge in [-0.15, -0.1) is 0 Å². The highest BCUT2D eigenvalue weighted by atomic mass is 16.6. The molecule has 0 spiro atoms. The summed E-state index contributed by atoms with van der Waals surface area (Å²) in [7, 11) is 0. The van der Waals surface area contributed by atoms with Crippen molar-refractivity contribution < 1.29 is 9.57 Å². The second-order valence-corrected chi connectivity index (χ2v) is 3.75. The van der Waals surface area contributed by atoms with E-state index in [9.17, 15) is 0 Å². The van der Waals surface area contributed by atoms with Gasteiger partial charge in [0.1, 0.15) is 11.9 Å². The number of aromatic nitrogens is 1. The number of hydrogen-bond acceptors (Lipinski definition) is 7. The first-order valence-corrected chi connectivity index (χ1v) is 5.44. The average Bonchev–Trinajstić information content (AvgIpc) is 2.46. The van der Waals surface area contributed by atoms with Crippen LogP contribution in [0.15, 0.2) is 12.3 Å². The van der Waals surface area contributed by atoms with Gasteiger partial charge in [0, 0.05) is 19.3 Å². The van der Waals surface area contributed by atoms with E-state index in [2.05, 4.69) is 9.82 Å². The number of hydrogen-bond donors (Lipinski definition) is 2. The zero-order valence-corrected chi connectivity index (χ0v) is 9.72. The Hall–Kier alpha value is -2.17. The highest BCUT2D eigenvalue weighted by molar-refractivity contribution is 5.96. The molecule has 0 radical (unpaired) electrons. The lowest BCUT2D eigenvalue weighted by Crippen LogP contribution is -2.38. The number of nitriles is 1. The fraction of sp³-hybridized carbons (Fsp3) is 0.364. The molecular weight excluding hydrogens is 234 g/mol. The van der Waals surface area contributed by atoms with Gasteiger partial charge in [-0.1, -0.05) is 0 Å². The largest absolute Gasteiger partial charge is 0.391 e. The van der Waals surface area contributed by atoms with Crippen molar-refractivity contribution >= 4 is 11.7 Å². The standard InChI is InChI=1S/C11H13N5O2/c12-6-8-5-9(10(13)18-14)11(15-7-8)16-1-3-17-4-2-16/h5,7,13H,1-4,14H2. The van der Waals surface area contributed by atoms with E-state index in [-0.39, 0.29) is 5.90 Å². The normalized spacial score (nSPS) is 15.0. The summed E-state index contributed by atoms with van der Waals surface area (Å²) in [5, 5.41) is 16.5. The second-order valence-electron chi connectivity index (χ2n) is 3.75. The predicted octanol–water partition coefficient (Wildman–Crippen LogP) is 0.00555. The molecule has 0 unspecified atom stereocenters. The van der Waals surface area contributed by atoms with E-state index in [1.165, 1.54) is 6.20 Å². The minimum Gasteiger partial charge on any atom is -0.391 e. The summed E-state index contributed by atoms with van der Waals surface area (Å²) in [6.07, 6.45) is 1.47. The van der Waals surface area contributed by atoms with E-state index >= 15 is 0 Å². The third-order valence-corrected chi connectivity index (χ3v) is 2.67. The molecule has 3 N–H and O–H groups in total. The number of nitrogens with two attached hydrogens (primary N) is 1. The van der Waals surface area contributed by atoms with Gasteiger partial charge in [-0.05, 0) is 6.07 Å². The highest BCUT2D eigenvalue weighted by Crippen LogP contribution is 2.20. The van der Waals surface area contributed by atoms with Crippen LogP contribution >= 0.6 is 0 Å². The van der Waals surface area contributed by atoms with Gasteiger partial charge in [0.25, 0.3) is 0 Å². The molecule has 1 aliphatic rings. The zero-order chi connectivity index (χ0) is 13.0. The average molecular weight is 247 g/mol. The van der Waals surface area contributed by atoms with Crippen molar-refractivity contribution in [2.75, 3.05) is 31.2 Å². The lowest BCUT2D eigenvalue weighted by atomic mass is 10.1. The van der Waals surface area contributed by atoms with E-state index in [1.54, 1.807) is 6.07 Å². The number of morpholine rings is 1. The lowest BCUT2D eigenvalue weighted by molar-refractivity contribution is 0.122. The smallest absolute Gasteiger partial charge is 0.241 e. The van der Waals surface area contributed by atoms with Crippen LogP contribution in [0.1, 0.15) is 11.1 Å². The van der Waals surface area contributed by atoms with E-state index in [1.807, 2.05) is 11.0 Å². The minimum atomic E-state index is -0.207. The van der Waals surface area contributed by atoms with Gasteiger partial charge in [0.05, 0.1) is 24.3 Å². The van der Waals surface area contributed by atoms with Crippen LogP contribution in [0.3, 0.4) is 0 Å². The van der Waals surface area contributed by atoms with Gasteiger partial charge in [-0.25, -0.2) is 4.98 Å². The summed E-state index contributed by atoms with van der Waals surface area (Å²) < 4.78 is 5.26. The molecule has 1 fully saturated rings. The Bertz CT molecular complexity index is 491. The molecule has 1 aromatic rings. The maximum atomic E-state index is 8.85. The Labute approximate surface area is 104 Å². The molecule has 7 heteroatoms. The van der Waals surface area contributed by atoms with Gasteiger partial charge in [0.15, 0.2) is 0 Å². The summed E-state index contributed by atoms with van der Waals surface area (Å²) >= 11 is 0. The van der Waals surface area contributed by atoms with Crippen LogP contribution in [0.25, 0.3) is 0 Å². The Kier molecular flexibility index (Phi) is 3.72. The third kappa shape index (κ3) is 2.40. The molecule has 1 aromatic heterocycles. The lowest BCUT2D eigenvalue weighted by Gasteiger charge is -2.29.